The quantitative estimate of drug-likeness (QED) is 0.650. The summed E-state index contributed by atoms with van der Waals surface area (Å²) in [4.78, 5) is 16.4. The number of amides is 1. The van der Waals surface area contributed by atoms with Gasteiger partial charge in [-0.05, 0) is 48.2 Å². The van der Waals surface area contributed by atoms with Gasteiger partial charge >= 0.3 is 6.18 Å². The topological polar surface area (TPSA) is 23.6 Å². The van der Waals surface area contributed by atoms with Crippen LogP contribution in [0.25, 0.3) is 0 Å². The molecule has 0 aliphatic carbocycles. The molecule has 0 spiro atoms. The molecule has 30 heavy (non-hydrogen) atoms. The minimum absolute atomic E-state index is 0.0453. The van der Waals surface area contributed by atoms with E-state index in [9.17, 15) is 26.7 Å². The number of aryl methyl sites for hydroxylation is 1. The average molecular weight is 426 g/mol. The highest BCUT2D eigenvalue weighted by molar-refractivity contribution is 5.76. The van der Waals surface area contributed by atoms with E-state index in [2.05, 4.69) is 4.90 Å². The third-order valence-corrected chi connectivity index (χ3v) is 5.24. The van der Waals surface area contributed by atoms with E-state index < -0.39 is 23.4 Å². The van der Waals surface area contributed by atoms with E-state index in [4.69, 9.17) is 0 Å². The Bertz CT molecular complexity index is 867. The maximum Gasteiger partial charge on any atom is 0.416 e. The van der Waals surface area contributed by atoms with Crippen LogP contribution in [0.1, 0.15) is 29.5 Å². The van der Waals surface area contributed by atoms with E-state index in [1.54, 1.807) is 4.90 Å². The van der Waals surface area contributed by atoms with Crippen molar-refractivity contribution in [1.82, 2.24) is 9.80 Å². The fraction of sp³-hybridized carbons (Fsp3) is 0.409. The van der Waals surface area contributed by atoms with Gasteiger partial charge in [-0.2, -0.15) is 13.2 Å². The van der Waals surface area contributed by atoms with Crippen molar-refractivity contribution < 1.29 is 26.7 Å². The number of carbonyl (C=O) groups excluding carboxylic acids is 1. The predicted octanol–water partition coefficient (Wildman–Crippen LogP) is 4.65. The first-order valence-electron chi connectivity index (χ1n) is 9.82. The molecule has 0 saturated carbocycles. The first-order chi connectivity index (χ1) is 14.2. The molecule has 162 valence electrons. The SMILES string of the molecule is O=C(CCc1ccc(F)c(F)c1)N1CCCN(Cc2ccc(C(F)(F)F)cc2)CC1. The molecule has 0 bridgehead atoms. The second-order valence-electron chi connectivity index (χ2n) is 7.45. The normalized spacial score (nSPS) is 15.8. The standard InChI is InChI=1S/C22H23F5N2O/c23-19-8-4-16(14-20(19)24)5-9-21(30)29-11-1-10-28(12-13-29)15-17-2-6-18(7-3-17)22(25,26)27/h2-4,6-8,14H,1,5,9-13,15H2. The Morgan fingerprint density at radius 3 is 2.23 bits per heavy atom. The molecule has 0 N–H and O–H groups in total. The van der Waals surface area contributed by atoms with Gasteiger partial charge < -0.3 is 4.90 Å². The molecule has 3 nitrogen and oxygen atoms in total. The second kappa shape index (κ2) is 9.55. The molecule has 3 rings (SSSR count). The van der Waals surface area contributed by atoms with Gasteiger partial charge in [-0.15, -0.1) is 0 Å². The molecule has 0 radical (unpaired) electrons. The van der Waals surface area contributed by atoms with Crippen LogP contribution in [0.3, 0.4) is 0 Å². The largest absolute Gasteiger partial charge is 0.416 e. The van der Waals surface area contributed by atoms with Crippen LogP contribution in [0.4, 0.5) is 22.0 Å². The minimum Gasteiger partial charge on any atom is -0.341 e. The van der Waals surface area contributed by atoms with Gasteiger partial charge in [0.25, 0.3) is 0 Å². The van der Waals surface area contributed by atoms with Crippen molar-refractivity contribution in [2.24, 2.45) is 0 Å². The van der Waals surface area contributed by atoms with Gasteiger partial charge in [0, 0.05) is 39.1 Å². The number of nitrogens with zero attached hydrogens (tertiary/aromatic N) is 2. The summed E-state index contributed by atoms with van der Waals surface area (Å²) < 4.78 is 64.3. The number of halogens is 5. The Kier molecular flexibility index (Phi) is 7.07. The smallest absolute Gasteiger partial charge is 0.341 e. The number of benzene rings is 2. The Balaban J connectivity index is 1.49. The number of rotatable bonds is 5. The minimum atomic E-state index is -4.35. The van der Waals surface area contributed by atoms with E-state index in [1.807, 2.05) is 0 Å². The van der Waals surface area contributed by atoms with E-state index in [1.165, 1.54) is 18.2 Å². The molecule has 1 saturated heterocycles. The van der Waals surface area contributed by atoms with Crippen LogP contribution >= 0.6 is 0 Å². The summed E-state index contributed by atoms with van der Waals surface area (Å²) in [5.41, 5.74) is 0.696. The third kappa shape index (κ3) is 6.01. The lowest BCUT2D eigenvalue weighted by Gasteiger charge is -2.22. The summed E-state index contributed by atoms with van der Waals surface area (Å²) in [6, 6.07) is 8.77. The lowest BCUT2D eigenvalue weighted by molar-refractivity contribution is -0.137. The summed E-state index contributed by atoms with van der Waals surface area (Å²) in [5.74, 6) is -1.88. The Morgan fingerprint density at radius 2 is 1.57 bits per heavy atom. The number of alkyl halides is 3. The van der Waals surface area contributed by atoms with Crippen LogP contribution < -0.4 is 0 Å². The zero-order valence-corrected chi connectivity index (χ0v) is 16.4. The highest BCUT2D eigenvalue weighted by Gasteiger charge is 2.30. The van der Waals surface area contributed by atoms with E-state index >= 15 is 0 Å². The van der Waals surface area contributed by atoms with Crippen molar-refractivity contribution in [3.63, 3.8) is 0 Å². The second-order valence-corrected chi connectivity index (χ2v) is 7.45. The Morgan fingerprint density at radius 1 is 0.867 bits per heavy atom. The Labute approximate surface area is 172 Å². The molecule has 1 aliphatic heterocycles. The average Bonchev–Trinajstić information content (AvgIpc) is 2.94. The monoisotopic (exact) mass is 426 g/mol. The molecule has 0 atom stereocenters. The molecule has 8 heteroatoms. The highest BCUT2D eigenvalue weighted by Crippen LogP contribution is 2.29. The van der Waals surface area contributed by atoms with Crippen LogP contribution in [-0.2, 0) is 23.9 Å². The van der Waals surface area contributed by atoms with Crippen molar-refractivity contribution in [3.8, 4) is 0 Å². The summed E-state index contributed by atoms with van der Waals surface area (Å²) in [7, 11) is 0. The number of carbonyl (C=O) groups is 1. The van der Waals surface area contributed by atoms with Crippen LogP contribution in [-0.4, -0.2) is 41.9 Å². The third-order valence-electron chi connectivity index (χ3n) is 5.24. The van der Waals surface area contributed by atoms with Gasteiger partial charge in [-0.1, -0.05) is 18.2 Å². The van der Waals surface area contributed by atoms with Crippen LogP contribution in [0.15, 0.2) is 42.5 Å². The van der Waals surface area contributed by atoms with Crippen LogP contribution in [0, 0.1) is 11.6 Å². The van der Waals surface area contributed by atoms with Gasteiger partial charge in [0.05, 0.1) is 5.56 Å². The van der Waals surface area contributed by atoms with Gasteiger partial charge in [-0.3, -0.25) is 9.69 Å². The first-order valence-corrected chi connectivity index (χ1v) is 9.82. The molecule has 1 fully saturated rings. The number of hydrogen-bond acceptors (Lipinski definition) is 2. The lowest BCUT2D eigenvalue weighted by Crippen LogP contribution is -2.35. The zero-order chi connectivity index (χ0) is 21.7. The van der Waals surface area contributed by atoms with Crippen molar-refractivity contribution in [2.45, 2.75) is 32.0 Å². The Hall–Kier alpha value is -2.48. The molecule has 2 aromatic rings. The van der Waals surface area contributed by atoms with Crippen molar-refractivity contribution >= 4 is 5.91 Å². The fourth-order valence-corrected chi connectivity index (χ4v) is 3.54. The van der Waals surface area contributed by atoms with Gasteiger partial charge in [0.15, 0.2) is 11.6 Å². The van der Waals surface area contributed by atoms with E-state index in [-0.39, 0.29) is 12.3 Å². The molecule has 0 unspecified atom stereocenters. The van der Waals surface area contributed by atoms with Crippen molar-refractivity contribution in [1.29, 1.82) is 0 Å². The highest BCUT2D eigenvalue weighted by atomic mass is 19.4. The van der Waals surface area contributed by atoms with Gasteiger partial charge in [0.2, 0.25) is 5.91 Å². The molecule has 1 aliphatic rings. The molecule has 1 heterocycles. The maximum absolute atomic E-state index is 13.3. The zero-order valence-electron chi connectivity index (χ0n) is 16.4. The molecule has 2 aromatic carbocycles. The summed E-state index contributed by atoms with van der Waals surface area (Å²) in [5, 5.41) is 0. The molecular weight excluding hydrogens is 403 g/mol. The number of hydrogen-bond donors (Lipinski definition) is 0. The van der Waals surface area contributed by atoms with Crippen LogP contribution in [0.2, 0.25) is 0 Å². The molecule has 1 amide bonds. The van der Waals surface area contributed by atoms with Gasteiger partial charge in [-0.25, -0.2) is 8.78 Å². The summed E-state index contributed by atoms with van der Waals surface area (Å²) in [6.07, 6.45) is -3.04. The van der Waals surface area contributed by atoms with E-state index in [0.29, 0.717) is 38.2 Å². The lowest BCUT2D eigenvalue weighted by atomic mass is 10.1. The fourth-order valence-electron chi connectivity index (χ4n) is 3.54. The van der Waals surface area contributed by atoms with Crippen LogP contribution in [0.5, 0.6) is 0 Å². The predicted molar refractivity (Wildman–Crippen MR) is 103 cm³/mol. The first kappa shape index (κ1) is 22.2. The van der Waals surface area contributed by atoms with Crippen molar-refractivity contribution in [2.75, 3.05) is 26.2 Å². The van der Waals surface area contributed by atoms with E-state index in [0.717, 1.165) is 42.8 Å². The molecule has 0 aromatic heterocycles. The summed E-state index contributed by atoms with van der Waals surface area (Å²) >= 11 is 0. The molecular formula is C22H23F5N2O. The van der Waals surface area contributed by atoms with Crippen molar-refractivity contribution in [3.05, 3.63) is 70.8 Å². The maximum atomic E-state index is 13.3. The summed E-state index contributed by atoms with van der Waals surface area (Å²) in [6.45, 7) is 3.01. The van der Waals surface area contributed by atoms with Gasteiger partial charge in [0.1, 0.15) is 0 Å².